The van der Waals surface area contributed by atoms with Gasteiger partial charge in [-0.05, 0) is 87.8 Å². The minimum atomic E-state index is -0.606. The summed E-state index contributed by atoms with van der Waals surface area (Å²) in [7, 11) is 0. The van der Waals surface area contributed by atoms with Crippen molar-refractivity contribution in [3.8, 4) is 5.75 Å². The average Bonchev–Trinajstić information content (AvgIpc) is 3.14. The molecule has 2 aliphatic rings. The first-order valence-corrected chi connectivity index (χ1v) is 12.9. The number of ketones is 1. The van der Waals surface area contributed by atoms with Crippen LogP contribution in [0, 0.1) is 0 Å². The van der Waals surface area contributed by atoms with E-state index in [1.165, 1.54) is 0 Å². The van der Waals surface area contributed by atoms with E-state index in [-0.39, 0.29) is 17.4 Å². The molecule has 7 heteroatoms. The summed E-state index contributed by atoms with van der Waals surface area (Å²) in [5, 5.41) is 10.1. The third-order valence-corrected chi connectivity index (χ3v) is 6.71. The number of benzene rings is 2. The van der Waals surface area contributed by atoms with Crippen LogP contribution in [0.1, 0.15) is 73.5 Å². The predicted molar refractivity (Wildman–Crippen MR) is 139 cm³/mol. The Hall–Kier alpha value is -3.35. The lowest BCUT2D eigenvalue weighted by molar-refractivity contribution is -0.117. The molecule has 0 fully saturated rings. The predicted octanol–water partition coefficient (Wildman–Crippen LogP) is 5.06. The maximum Gasteiger partial charge on any atom is 0.410 e. The zero-order valence-corrected chi connectivity index (χ0v) is 21.5. The van der Waals surface area contributed by atoms with Gasteiger partial charge >= 0.3 is 6.09 Å². The lowest BCUT2D eigenvalue weighted by Crippen LogP contribution is -2.38. The number of nitrogens with zero attached hydrogens (tertiary/aromatic N) is 2. The van der Waals surface area contributed by atoms with Crippen molar-refractivity contribution in [1.29, 1.82) is 0 Å². The quantitative estimate of drug-likeness (QED) is 0.391. The van der Waals surface area contributed by atoms with Gasteiger partial charge in [-0.15, -0.1) is 0 Å². The standard InChI is InChI=1S/C29H36N2O5/c1-29(2,3)36-28(35)30(16-13-20-9-4-5-11-24(20)32)14-7-6-12-25(33)22-17-21-10-8-15-31-26(34)19-23(18-22)27(21)31/h4-5,9,11,17-18,32H,6-8,10,12-16,19H2,1-3H3. The van der Waals surface area contributed by atoms with Crippen LogP contribution in [0.3, 0.4) is 0 Å². The first-order valence-electron chi connectivity index (χ1n) is 12.9. The molecule has 2 heterocycles. The van der Waals surface area contributed by atoms with Gasteiger partial charge in [0.15, 0.2) is 5.78 Å². The molecule has 192 valence electrons. The van der Waals surface area contributed by atoms with E-state index in [0.717, 1.165) is 41.8 Å². The first-order chi connectivity index (χ1) is 17.1. The largest absolute Gasteiger partial charge is 0.508 e. The van der Waals surface area contributed by atoms with Crippen molar-refractivity contribution in [2.75, 3.05) is 24.5 Å². The number of unbranched alkanes of at least 4 members (excludes halogenated alkanes) is 1. The van der Waals surface area contributed by atoms with Crippen LogP contribution in [0.25, 0.3) is 0 Å². The molecule has 0 unspecified atom stereocenters. The molecule has 0 spiro atoms. The summed E-state index contributed by atoms with van der Waals surface area (Å²) in [6.07, 6.45) is 4.02. The molecule has 0 saturated carbocycles. The molecule has 0 saturated heterocycles. The van der Waals surface area contributed by atoms with Crippen molar-refractivity contribution in [2.45, 2.75) is 71.3 Å². The summed E-state index contributed by atoms with van der Waals surface area (Å²) >= 11 is 0. The highest BCUT2D eigenvalue weighted by molar-refractivity contribution is 6.05. The van der Waals surface area contributed by atoms with E-state index >= 15 is 0 Å². The normalized spacial score (nSPS) is 14.5. The van der Waals surface area contributed by atoms with Crippen LogP contribution in [0.2, 0.25) is 0 Å². The SMILES string of the molecule is CC(C)(C)OC(=O)N(CCCCC(=O)c1cc2c3c(c1)CC(=O)N3CCC2)CCc1ccccc1O. The van der Waals surface area contributed by atoms with Crippen molar-refractivity contribution >= 4 is 23.5 Å². The molecule has 0 aromatic heterocycles. The molecule has 0 atom stereocenters. The van der Waals surface area contributed by atoms with Gasteiger partial charge in [-0.1, -0.05) is 18.2 Å². The first kappa shape index (κ1) is 25.7. The fourth-order valence-electron chi connectivity index (χ4n) is 4.97. The third-order valence-electron chi connectivity index (χ3n) is 6.71. The van der Waals surface area contributed by atoms with E-state index in [1.807, 2.05) is 49.9 Å². The van der Waals surface area contributed by atoms with Crippen LogP contribution < -0.4 is 4.90 Å². The van der Waals surface area contributed by atoms with Gasteiger partial charge < -0.3 is 19.6 Å². The van der Waals surface area contributed by atoms with Crippen LogP contribution in [-0.2, 0) is 28.8 Å². The second-order valence-corrected chi connectivity index (χ2v) is 10.7. The van der Waals surface area contributed by atoms with Crippen molar-refractivity contribution in [3.05, 3.63) is 58.7 Å². The van der Waals surface area contributed by atoms with Crippen LogP contribution in [0.5, 0.6) is 5.75 Å². The summed E-state index contributed by atoms with van der Waals surface area (Å²) in [4.78, 5) is 41.6. The smallest absolute Gasteiger partial charge is 0.410 e. The molecule has 0 aliphatic carbocycles. The number of Topliss-reactive ketones (excluding diaryl/α,β-unsaturated/α-hetero) is 1. The van der Waals surface area contributed by atoms with Gasteiger partial charge in [0.05, 0.1) is 12.1 Å². The number of phenolic OH excluding ortho intramolecular Hbond substituents is 1. The van der Waals surface area contributed by atoms with Crippen LogP contribution in [0.15, 0.2) is 36.4 Å². The Morgan fingerprint density at radius 3 is 2.58 bits per heavy atom. The van der Waals surface area contributed by atoms with Crippen LogP contribution >= 0.6 is 0 Å². The molecule has 4 rings (SSSR count). The molecule has 0 bridgehead atoms. The third kappa shape index (κ3) is 6.07. The van der Waals surface area contributed by atoms with E-state index in [1.54, 1.807) is 17.0 Å². The van der Waals surface area contributed by atoms with Crippen molar-refractivity contribution in [3.63, 3.8) is 0 Å². The Balaban J connectivity index is 1.34. The second kappa shape index (κ2) is 10.7. The number of aryl methyl sites for hydroxylation is 1. The summed E-state index contributed by atoms with van der Waals surface area (Å²) in [5.41, 5.74) is 3.96. The van der Waals surface area contributed by atoms with Crippen molar-refractivity contribution in [2.24, 2.45) is 0 Å². The van der Waals surface area contributed by atoms with Crippen molar-refractivity contribution < 1.29 is 24.2 Å². The van der Waals surface area contributed by atoms with Gasteiger partial charge in [0.2, 0.25) is 5.91 Å². The van der Waals surface area contributed by atoms with Gasteiger partial charge in [-0.2, -0.15) is 0 Å². The fraction of sp³-hybridized carbons (Fsp3) is 0.483. The molecular weight excluding hydrogens is 456 g/mol. The Kier molecular flexibility index (Phi) is 7.67. The molecule has 2 aromatic carbocycles. The Bertz CT molecular complexity index is 1150. The minimum Gasteiger partial charge on any atom is -0.508 e. The summed E-state index contributed by atoms with van der Waals surface area (Å²) < 4.78 is 5.58. The Morgan fingerprint density at radius 2 is 1.83 bits per heavy atom. The second-order valence-electron chi connectivity index (χ2n) is 10.7. The summed E-state index contributed by atoms with van der Waals surface area (Å²) in [6.45, 7) is 7.16. The molecule has 1 N–H and O–H groups in total. The number of carbonyl (C=O) groups excluding carboxylic acids is 3. The number of para-hydroxylation sites is 1. The average molecular weight is 493 g/mol. The highest BCUT2D eigenvalue weighted by atomic mass is 16.6. The highest BCUT2D eigenvalue weighted by Gasteiger charge is 2.32. The summed E-state index contributed by atoms with van der Waals surface area (Å²) in [6, 6.07) is 11.0. The molecule has 2 aromatic rings. The number of anilines is 1. The maximum atomic E-state index is 13.0. The number of carbonyl (C=O) groups is 3. The molecule has 7 nitrogen and oxygen atoms in total. The molecule has 2 aliphatic heterocycles. The molecule has 2 amide bonds. The van der Waals surface area contributed by atoms with E-state index < -0.39 is 11.7 Å². The number of phenols is 1. The maximum absolute atomic E-state index is 13.0. The van der Waals surface area contributed by atoms with Crippen molar-refractivity contribution in [1.82, 2.24) is 4.90 Å². The molecular formula is C29H36N2O5. The van der Waals surface area contributed by atoms with Gasteiger partial charge in [0.25, 0.3) is 0 Å². The summed E-state index contributed by atoms with van der Waals surface area (Å²) in [5.74, 6) is 0.413. The van der Waals surface area contributed by atoms with E-state index in [0.29, 0.717) is 50.8 Å². The van der Waals surface area contributed by atoms with Crippen LogP contribution in [0.4, 0.5) is 10.5 Å². The van der Waals surface area contributed by atoms with Gasteiger partial charge in [0, 0.05) is 31.6 Å². The van der Waals surface area contributed by atoms with Crippen LogP contribution in [-0.4, -0.2) is 53.0 Å². The fourth-order valence-corrected chi connectivity index (χ4v) is 4.97. The number of amides is 2. The number of hydrogen-bond acceptors (Lipinski definition) is 5. The van der Waals surface area contributed by atoms with E-state index in [2.05, 4.69) is 0 Å². The lowest BCUT2D eigenvalue weighted by Gasteiger charge is -2.27. The minimum absolute atomic E-state index is 0.0727. The van der Waals surface area contributed by atoms with Gasteiger partial charge in [0.1, 0.15) is 11.4 Å². The van der Waals surface area contributed by atoms with Gasteiger partial charge in [-0.25, -0.2) is 4.79 Å². The van der Waals surface area contributed by atoms with E-state index in [9.17, 15) is 19.5 Å². The number of hydrogen-bond donors (Lipinski definition) is 1. The monoisotopic (exact) mass is 492 g/mol. The zero-order chi connectivity index (χ0) is 25.9. The molecule has 36 heavy (non-hydrogen) atoms. The topological polar surface area (TPSA) is 87.2 Å². The lowest BCUT2D eigenvalue weighted by atomic mass is 9.94. The van der Waals surface area contributed by atoms with Gasteiger partial charge in [-0.3, -0.25) is 9.59 Å². The Morgan fingerprint density at radius 1 is 1.08 bits per heavy atom. The number of ether oxygens (including phenoxy) is 1. The van der Waals surface area contributed by atoms with E-state index in [4.69, 9.17) is 4.74 Å². The number of aromatic hydroxyl groups is 1. The molecule has 0 radical (unpaired) electrons. The highest BCUT2D eigenvalue weighted by Crippen LogP contribution is 2.37. The zero-order valence-electron chi connectivity index (χ0n) is 21.5. The number of rotatable bonds is 9. The Labute approximate surface area is 213 Å².